The molecule has 0 radical (unpaired) electrons. The van der Waals surface area contributed by atoms with Crippen LogP contribution in [-0.4, -0.2) is 21.3 Å². The first-order valence-electron chi connectivity index (χ1n) is 6.80. The van der Waals surface area contributed by atoms with Gasteiger partial charge in [0.1, 0.15) is 17.2 Å². The van der Waals surface area contributed by atoms with Crippen molar-refractivity contribution in [2.45, 2.75) is 13.0 Å². The lowest BCUT2D eigenvalue weighted by Crippen LogP contribution is -2.07. The number of methoxy groups -OCH3 is 3. The van der Waals surface area contributed by atoms with Crippen molar-refractivity contribution in [3.05, 3.63) is 48.0 Å². The van der Waals surface area contributed by atoms with Crippen LogP contribution in [0.2, 0.25) is 0 Å². The maximum atomic E-state index is 5.30. The molecule has 0 aliphatic rings. The van der Waals surface area contributed by atoms with Gasteiger partial charge in [-0.25, -0.2) is 0 Å². The van der Waals surface area contributed by atoms with Crippen LogP contribution < -0.4 is 19.5 Å². The summed E-state index contributed by atoms with van der Waals surface area (Å²) in [7, 11) is 4.97. The van der Waals surface area contributed by atoms with Crippen LogP contribution in [0.3, 0.4) is 0 Å². The summed E-state index contributed by atoms with van der Waals surface area (Å²) < 4.78 is 15.8. The normalized spacial score (nSPS) is 11.6. The van der Waals surface area contributed by atoms with Crippen LogP contribution in [-0.2, 0) is 0 Å². The molecule has 0 aliphatic heterocycles. The lowest BCUT2D eigenvalue weighted by molar-refractivity contribution is 0.393. The van der Waals surface area contributed by atoms with E-state index in [1.54, 1.807) is 21.3 Å². The molecule has 0 aliphatic carbocycles. The molecular weight excluding hydrogens is 266 g/mol. The minimum Gasteiger partial charge on any atom is -0.497 e. The minimum absolute atomic E-state index is 0.127. The van der Waals surface area contributed by atoms with Gasteiger partial charge in [-0.3, -0.25) is 0 Å². The number of benzene rings is 2. The Bertz CT molecular complexity index is 559. The zero-order chi connectivity index (χ0) is 15.2. The summed E-state index contributed by atoms with van der Waals surface area (Å²) in [6.45, 7) is 2.10. The van der Waals surface area contributed by atoms with Gasteiger partial charge in [0.15, 0.2) is 0 Å². The van der Waals surface area contributed by atoms with E-state index in [9.17, 15) is 0 Å². The summed E-state index contributed by atoms with van der Waals surface area (Å²) in [4.78, 5) is 0. The van der Waals surface area contributed by atoms with Crippen molar-refractivity contribution in [2.75, 3.05) is 26.6 Å². The Morgan fingerprint density at radius 2 is 1.29 bits per heavy atom. The van der Waals surface area contributed by atoms with Crippen molar-refractivity contribution in [1.29, 1.82) is 0 Å². The monoisotopic (exact) mass is 287 g/mol. The third kappa shape index (κ3) is 3.81. The average Bonchev–Trinajstić information content (AvgIpc) is 2.54. The van der Waals surface area contributed by atoms with Gasteiger partial charge in [-0.15, -0.1) is 0 Å². The van der Waals surface area contributed by atoms with E-state index in [1.807, 2.05) is 42.5 Å². The van der Waals surface area contributed by atoms with Gasteiger partial charge in [-0.2, -0.15) is 0 Å². The summed E-state index contributed by atoms with van der Waals surface area (Å²) in [5, 5.41) is 3.45. The van der Waals surface area contributed by atoms with Gasteiger partial charge in [0.2, 0.25) is 0 Å². The van der Waals surface area contributed by atoms with Crippen LogP contribution in [0.15, 0.2) is 42.5 Å². The van der Waals surface area contributed by atoms with Crippen molar-refractivity contribution in [3.8, 4) is 17.2 Å². The fraction of sp³-hybridized carbons (Fsp3) is 0.294. The molecule has 0 saturated heterocycles. The van der Waals surface area contributed by atoms with E-state index in [4.69, 9.17) is 14.2 Å². The molecular formula is C17H21NO3. The number of nitrogens with one attached hydrogen (secondary N) is 1. The molecule has 112 valence electrons. The van der Waals surface area contributed by atoms with Crippen LogP contribution in [0.1, 0.15) is 18.5 Å². The summed E-state index contributed by atoms with van der Waals surface area (Å²) in [5.74, 6) is 2.41. The number of hydrogen-bond acceptors (Lipinski definition) is 4. The van der Waals surface area contributed by atoms with Crippen molar-refractivity contribution in [2.24, 2.45) is 0 Å². The second kappa shape index (κ2) is 6.88. The largest absolute Gasteiger partial charge is 0.497 e. The molecule has 1 unspecified atom stereocenters. The Kier molecular flexibility index (Phi) is 4.93. The van der Waals surface area contributed by atoms with Gasteiger partial charge in [-0.1, -0.05) is 0 Å². The quantitative estimate of drug-likeness (QED) is 0.875. The lowest BCUT2D eigenvalue weighted by Gasteiger charge is -2.17. The standard InChI is InChI=1S/C17H21NO3/c1-12(18-14-5-7-15(19-2)8-6-14)13-9-16(20-3)11-17(10-13)21-4/h5-12,18H,1-4H3. The van der Waals surface area contributed by atoms with E-state index in [0.29, 0.717) is 0 Å². The van der Waals surface area contributed by atoms with E-state index in [-0.39, 0.29) is 6.04 Å². The molecule has 1 atom stereocenters. The Balaban J connectivity index is 2.16. The van der Waals surface area contributed by atoms with E-state index in [0.717, 1.165) is 28.5 Å². The average molecular weight is 287 g/mol. The summed E-state index contributed by atoms with van der Waals surface area (Å²) in [6, 6.07) is 13.8. The molecule has 0 saturated carbocycles. The summed E-state index contributed by atoms with van der Waals surface area (Å²) >= 11 is 0. The number of anilines is 1. The van der Waals surface area contributed by atoms with Gasteiger partial charge in [0, 0.05) is 17.8 Å². The van der Waals surface area contributed by atoms with Gasteiger partial charge in [0.05, 0.1) is 21.3 Å². The third-order valence-corrected chi connectivity index (χ3v) is 3.35. The zero-order valence-electron chi connectivity index (χ0n) is 12.8. The van der Waals surface area contributed by atoms with Crippen LogP contribution >= 0.6 is 0 Å². The Hall–Kier alpha value is -2.36. The first-order chi connectivity index (χ1) is 10.2. The summed E-state index contributed by atoms with van der Waals surface area (Å²) in [6.07, 6.45) is 0. The molecule has 0 bridgehead atoms. The Morgan fingerprint density at radius 3 is 1.76 bits per heavy atom. The zero-order valence-corrected chi connectivity index (χ0v) is 12.8. The van der Waals surface area contributed by atoms with Crippen molar-refractivity contribution in [1.82, 2.24) is 0 Å². The minimum atomic E-state index is 0.127. The second-order valence-electron chi connectivity index (χ2n) is 4.74. The van der Waals surface area contributed by atoms with Crippen molar-refractivity contribution in [3.63, 3.8) is 0 Å². The maximum absolute atomic E-state index is 5.30. The number of rotatable bonds is 6. The second-order valence-corrected chi connectivity index (χ2v) is 4.74. The number of ether oxygens (including phenoxy) is 3. The smallest absolute Gasteiger partial charge is 0.122 e. The summed E-state index contributed by atoms with van der Waals surface area (Å²) in [5.41, 5.74) is 2.13. The van der Waals surface area contributed by atoms with Crippen LogP contribution in [0, 0.1) is 0 Å². The topological polar surface area (TPSA) is 39.7 Å². The molecule has 2 aromatic carbocycles. The van der Waals surface area contributed by atoms with Gasteiger partial charge >= 0.3 is 0 Å². The highest BCUT2D eigenvalue weighted by Crippen LogP contribution is 2.28. The number of hydrogen-bond donors (Lipinski definition) is 1. The molecule has 0 heterocycles. The molecule has 0 spiro atoms. The lowest BCUT2D eigenvalue weighted by atomic mass is 10.1. The molecule has 0 amide bonds. The van der Waals surface area contributed by atoms with Crippen LogP contribution in [0.4, 0.5) is 5.69 Å². The van der Waals surface area contributed by atoms with Gasteiger partial charge < -0.3 is 19.5 Å². The van der Waals surface area contributed by atoms with Crippen molar-refractivity contribution >= 4 is 5.69 Å². The van der Waals surface area contributed by atoms with Crippen molar-refractivity contribution < 1.29 is 14.2 Å². The molecule has 1 N–H and O–H groups in total. The molecule has 0 fully saturated rings. The fourth-order valence-electron chi connectivity index (χ4n) is 2.10. The Morgan fingerprint density at radius 1 is 0.762 bits per heavy atom. The molecule has 4 nitrogen and oxygen atoms in total. The van der Waals surface area contributed by atoms with E-state index >= 15 is 0 Å². The molecule has 2 aromatic rings. The van der Waals surface area contributed by atoms with Crippen LogP contribution in [0.25, 0.3) is 0 Å². The first-order valence-corrected chi connectivity index (χ1v) is 6.80. The third-order valence-electron chi connectivity index (χ3n) is 3.35. The van der Waals surface area contributed by atoms with E-state index < -0.39 is 0 Å². The van der Waals surface area contributed by atoms with E-state index in [2.05, 4.69) is 12.2 Å². The molecule has 2 rings (SSSR count). The van der Waals surface area contributed by atoms with E-state index in [1.165, 1.54) is 0 Å². The van der Waals surface area contributed by atoms with Gasteiger partial charge in [-0.05, 0) is 48.9 Å². The highest BCUT2D eigenvalue weighted by atomic mass is 16.5. The first kappa shape index (κ1) is 15.0. The van der Waals surface area contributed by atoms with Crippen LogP contribution in [0.5, 0.6) is 17.2 Å². The molecule has 4 heteroatoms. The fourth-order valence-corrected chi connectivity index (χ4v) is 2.10. The molecule has 0 aromatic heterocycles. The predicted molar refractivity (Wildman–Crippen MR) is 84.6 cm³/mol. The highest BCUT2D eigenvalue weighted by molar-refractivity contribution is 5.49. The SMILES string of the molecule is COc1ccc(NC(C)c2cc(OC)cc(OC)c2)cc1. The highest BCUT2D eigenvalue weighted by Gasteiger charge is 2.09. The molecule has 21 heavy (non-hydrogen) atoms. The Labute approximate surface area is 125 Å². The van der Waals surface area contributed by atoms with Gasteiger partial charge in [0.25, 0.3) is 0 Å². The predicted octanol–water partition coefficient (Wildman–Crippen LogP) is 3.89. The maximum Gasteiger partial charge on any atom is 0.122 e.